The average Bonchev–Trinajstić information content (AvgIpc) is 3.44. The molecule has 0 fully saturated rings. The second-order valence-electron chi connectivity index (χ2n) is 6.46. The summed E-state index contributed by atoms with van der Waals surface area (Å²) in [5.74, 6) is -0.167. The Morgan fingerprint density at radius 2 is 1.83 bits per heavy atom. The van der Waals surface area contributed by atoms with Crippen LogP contribution in [0, 0.1) is 0 Å². The van der Waals surface area contributed by atoms with Crippen molar-refractivity contribution in [3.63, 3.8) is 0 Å². The second kappa shape index (κ2) is 8.52. The topological polar surface area (TPSA) is 93.1 Å². The molecule has 0 radical (unpaired) electrons. The van der Waals surface area contributed by atoms with Gasteiger partial charge in [0.05, 0.1) is 12.1 Å². The molecule has 4 rings (SSSR count). The number of amides is 1. The highest BCUT2D eigenvalue weighted by molar-refractivity contribution is 7.94. The van der Waals surface area contributed by atoms with Crippen LogP contribution in [-0.4, -0.2) is 24.1 Å². The van der Waals surface area contributed by atoms with Crippen LogP contribution in [0.4, 0.5) is 11.4 Å². The van der Waals surface area contributed by atoms with Crippen LogP contribution in [0.3, 0.4) is 0 Å². The minimum Gasteiger partial charge on any atom is -0.326 e. The molecule has 7 nitrogen and oxygen atoms in total. The van der Waals surface area contributed by atoms with Crippen molar-refractivity contribution >= 4 is 38.6 Å². The summed E-state index contributed by atoms with van der Waals surface area (Å²) in [6.07, 6.45) is 3.69. The number of hydrogen-bond donors (Lipinski definition) is 2. The fourth-order valence-corrected chi connectivity index (χ4v) is 4.90. The van der Waals surface area contributed by atoms with Crippen LogP contribution >= 0.6 is 11.3 Å². The molecular formula is C21H18N4O3S2. The fourth-order valence-electron chi connectivity index (χ4n) is 2.85. The summed E-state index contributed by atoms with van der Waals surface area (Å²) in [5.41, 5.74) is 2.74. The number of carbonyl (C=O) groups excluding carboxylic acids is 1. The van der Waals surface area contributed by atoms with Gasteiger partial charge in [0.1, 0.15) is 4.21 Å². The van der Waals surface area contributed by atoms with E-state index in [4.69, 9.17) is 0 Å². The van der Waals surface area contributed by atoms with E-state index in [0.29, 0.717) is 11.4 Å². The number of nitrogens with one attached hydrogen (secondary N) is 2. The molecule has 0 spiro atoms. The Labute approximate surface area is 178 Å². The minimum absolute atomic E-state index is 0.167. The molecule has 0 saturated heterocycles. The molecule has 0 bridgehead atoms. The Hall–Kier alpha value is -3.43. The van der Waals surface area contributed by atoms with Crippen molar-refractivity contribution in [2.75, 3.05) is 10.0 Å². The monoisotopic (exact) mass is 438 g/mol. The highest BCUT2D eigenvalue weighted by atomic mass is 32.2. The zero-order valence-corrected chi connectivity index (χ0v) is 17.4. The standard InChI is InChI=1S/C21H18N4O3S2/c26-20(23-18-4-1-5-19(15-18)25-12-3-11-22-25)14-16-7-9-17(10-8-16)24-30(27,28)21-6-2-13-29-21/h1-13,15,24H,14H2,(H,23,26). The lowest BCUT2D eigenvalue weighted by Crippen LogP contribution is -2.15. The van der Waals surface area contributed by atoms with Crippen LogP contribution in [0.5, 0.6) is 0 Å². The predicted molar refractivity (Wildman–Crippen MR) is 117 cm³/mol. The number of benzene rings is 2. The molecule has 4 aromatic rings. The zero-order chi connectivity index (χ0) is 21.0. The van der Waals surface area contributed by atoms with Gasteiger partial charge in [0.15, 0.2) is 0 Å². The lowest BCUT2D eigenvalue weighted by Gasteiger charge is -2.09. The van der Waals surface area contributed by atoms with E-state index in [-0.39, 0.29) is 16.5 Å². The molecular weight excluding hydrogens is 420 g/mol. The van der Waals surface area contributed by atoms with Crippen LogP contribution in [0.15, 0.2) is 88.7 Å². The number of aromatic nitrogens is 2. The minimum atomic E-state index is -3.59. The largest absolute Gasteiger partial charge is 0.326 e. The van der Waals surface area contributed by atoms with Gasteiger partial charge in [-0.05, 0) is 53.4 Å². The van der Waals surface area contributed by atoms with Gasteiger partial charge in [0.2, 0.25) is 5.91 Å². The van der Waals surface area contributed by atoms with E-state index in [0.717, 1.165) is 22.6 Å². The number of hydrogen-bond acceptors (Lipinski definition) is 5. The first-order chi connectivity index (χ1) is 14.5. The molecule has 0 aliphatic rings. The lowest BCUT2D eigenvalue weighted by molar-refractivity contribution is -0.115. The molecule has 152 valence electrons. The maximum absolute atomic E-state index is 12.4. The molecule has 2 N–H and O–H groups in total. The van der Waals surface area contributed by atoms with Crippen LogP contribution in [-0.2, 0) is 21.2 Å². The molecule has 30 heavy (non-hydrogen) atoms. The quantitative estimate of drug-likeness (QED) is 0.457. The highest BCUT2D eigenvalue weighted by Gasteiger charge is 2.15. The fraction of sp³-hybridized carbons (Fsp3) is 0.0476. The third kappa shape index (κ3) is 4.76. The Balaban J connectivity index is 1.38. The SMILES string of the molecule is O=C(Cc1ccc(NS(=O)(=O)c2cccs2)cc1)Nc1cccc(-n2cccn2)c1. The van der Waals surface area contributed by atoms with E-state index in [2.05, 4.69) is 15.1 Å². The third-order valence-corrected chi connectivity index (χ3v) is 7.01. The van der Waals surface area contributed by atoms with Gasteiger partial charge in [0, 0.05) is 23.8 Å². The number of anilines is 2. The summed E-state index contributed by atoms with van der Waals surface area (Å²) in [4.78, 5) is 12.4. The number of thiophene rings is 1. The Morgan fingerprint density at radius 1 is 1.00 bits per heavy atom. The van der Waals surface area contributed by atoms with Crippen molar-refractivity contribution in [2.24, 2.45) is 0 Å². The van der Waals surface area contributed by atoms with Crippen molar-refractivity contribution in [2.45, 2.75) is 10.6 Å². The first kappa shape index (κ1) is 19.9. The van der Waals surface area contributed by atoms with E-state index in [1.807, 2.05) is 36.5 Å². The van der Waals surface area contributed by atoms with Crippen molar-refractivity contribution in [1.82, 2.24) is 9.78 Å². The smallest absolute Gasteiger partial charge is 0.271 e. The van der Waals surface area contributed by atoms with Gasteiger partial charge in [-0.1, -0.05) is 24.3 Å². The van der Waals surface area contributed by atoms with Gasteiger partial charge in [-0.25, -0.2) is 13.1 Å². The van der Waals surface area contributed by atoms with Crippen LogP contribution in [0.2, 0.25) is 0 Å². The zero-order valence-electron chi connectivity index (χ0n) is 15.7. The highest BCUT2D eigenvalue weighted by Crippen LogP contribution is 2.21. The van der Waals surface area contributed by atoms with Gasteiger partial charge in [-0.15, -0.1) is 11.3 Å². The number of carbonyl (C=O) groups is 1. The van der Waals surface area contributed by atoms with Gasteiger partial charge in [-0.2, -0.15) is 5.10 Å². The van der Waals surface area contributed by atoms with E-state index >= 15 is 0 Å². The second-order valence-corrected chi connectivity index (χ2v) is 9.32. The number of nitrogens with zero attached hydrogens (tertiary/aromatic N) is 2. The van der Waals surface area contributed by atoms with Gasteiger partial charge in [-0.3, -0.25) is 9.52 Å². The first-order valence-electron chi connectivity index (χ1n) is 9.05. The average molecular weight is 439 g/mol. The van der Waals surface area contributed by atoms with Crippen LogP contribution in [0.1, 0.15) is 5.56 Å². The van der Waals surface area contributed by atoms with E-state index in [9.17, 15) is 13.2 Å². The summed E-state index contributed by atoms with van der Waals surface area (Å²) >= 11 is 1.15. The van der Waals surface area contributed by atoms with E-state index < -0.39 is 10.0 Å². The summed E-state index contributed by atoms with van der Waals surface area (Å²) in [6.45, 7) is 0. The van der Waals surface area contributed by atoms with Crippen LogP contribution < -0.4 is 10.0 Å². The molecule has 0 unspecified atom stereocenters. The summed E-state index contributed by atoms with van der Waals surface area (Å²) in [7, 11) is -3.59. The molecule has 0 saturated carbocycles. The molecule has 2 aromatic carbocycles. The molecule has 2 heterocycles. The van der Waals surface area contributed by atoms with Crippen molar-refractivity contribution in [3.05, 3.63) is 90.1 Å². The van der Waals surface area contributed by atoms with Gasteiger partial charge < -0.3 is 5.32 Å². The molecule has 9 heteroatoms. The van der Waals surface area contributed by atoms with Crippen molar-refractivity contribution in [3.8, 4) is 5.69 Å². The first-order valence-corrected chi connectivity index (χ1v) is 11.4. The lowest BCUT2D eigenvalue weighted by atomic mass is 10.1. The van der Waals surface area contributed by atoms with Gasteiger partial charge >= 0.3 is 0 Å². The molecule has 0 atom stereocenters. The molecule has 1 amide bonds. The third-order valence-electron chi connectivity index (χ3n) is 4.23. The van der Waals surface area contributed by atoms with Crippen molar-refractivity contribution < 1.29 is 13.2 Å². The number of sulfonamides is 1. The normalized spacial score (nSPS) is 11.2. The Kier molecular flexibility index (Phi) is 5.64. The molecule has 0 aliphatic heterocycles. The summed E-state index contributed by atoms with van der Waals surface area (Å²) in [6, 6.07) is 19.2. The number of rotatable bonds is 7. The predicted octanol–water partition coefficient (Wildman–Crippen LogP) is 3.92. The van der Waals surface area contributed by atoms with E-state index in [1.165, 1.54) is 0 Å². The Bertz CT molecular complexity index is 1230. The van der Waals surface area contributed by atoms with Gasteiger partial charge in [0.25, 0.3) is 10.0 Å². The Morgan fingerprint density at radius 3 is 2.53 bits per heavy atom. The maximum Gasteiger partial charge on any atom is 0.271 e. The summed E-state index contributed by atoms with van der Waals surface area (Å²) in [5, 5.41) is 8.76. The van der Waals surface area contributed by atoms with Crippen molar-refractivity contribution in [1.29, 1.82) is 0 Å². The molecule has 0 aliphatic carbocycles. The maximum atomic E-state index is 12.4. The molecule has 2 aromatic heterocycles. The van der Waals surface area contributed by atoms with E-state index in [1.54, 1.807) is 52.7 Å². The summed E-state index contributed by atoms with van der Waals surface area (Å²) < 4.78 is 29.0. The van der Waals surface area contributed by atoms with Crippen LogP contribution in [0.25, 0.3) is 5.69 Å².